The van der Waals surface area contributed by atoms with Gasteiger partial charge in [-0.15, -0.1) is 0 Å². The maximum atomic E-state index is 13.4. The molecule has 0 aromatic heterocycles. The van der Waals surface area contributed by atoms with Crippen LogP contribution in [0, 0.1) is 0 Å². The summed E-state index contributed by atoms with van der Waals surface area (Å²) >= 11 is 6.08. The molecule has 0 radical (unpaired) electrons. The first-order valence-corrected chi connectivity index (χ1v) is 13.1. The third-order valence-corrected chi connectivity index (χ3v) is 6.74. The molecule has 0 spiro atoms. The first-order valence-electron chi connectivity index (χ1n) is 12.7. The second-order valence-electron chi connectivity index (χ2n) is 9.44. The number of hydrogen-bond acceptors (Lipinski definition) is 3. The molecule has 10 heteroatoms. The Balaban J connectivity index is 1.52. The van der Waals surface area contributed by atoms with Gasteiger partial charge in [-0.1, -0.05) is 48.0 Å². The van der Waals surface area contributed by atoms with Crippen LogP contribution in [0.15, 0.2) is 78.9 Å². The zero-order valence-corrected chi connectivity index (χ0v) is 22.3. The molecule has 3 N–H and O–H groups in total. The van der Waals surface area contributed by atoms with Crippen LogP contribution in [0.3, 0.4) is 0 Å². The fourth-order valence-corrected chi connectivity index (χ4v) is 4.50. The first-order chi connectivity index (χ1) is 19.1. The van der Waals surface area contributed by atoms with Gasteiger partial charge in [-0.05, 0) is 84.8 Å². The molecule has 0 aliphatic heterocycles. The van der Waals surface area contributed by atoms with Crippen LogP contribution in [-0.2, 0) is 11.3 Å². The van der Waals surface area contributed by atoms with E-state index >= 15 is 0 Å². The molecule has 0 unspecified atom stereocenters. The molecule has 1 aliphatic carbocycles. The highest BCUT2D eigenvalue weighted by atomic mass is 35.5. The van der Waals surface area contributed by atoms with Crippen molar-refractivity contribution >= 4 is 46.5 Å². The maximum absolute atomic E-state index is 13.4. The summed E-state index contributed by atoms with van der Waals surface area (Å²) in [5, 5.41) is 13.8. The van der Waals surface area contributed by atoms with Crippen molar-refractivity contribution in [2.45, 2.75) is 38.2 Å². The van der Waals surface area contributed by atoms with E-state index in [2.05, 4.69) is 11.4 Å². The van der Waals surface area contributed by atoms with Crippen LogP contribution in [0.4, 0.5) is 25.0 Å². The zero-order valence-electron chi connectivity index (χ0n) is 21.5. The summed E-state index contributed by atoms with van der Waals surface area (Å²) in [5.74, 6) is -7.23. The maximum Gasteiger partial charge on any atom is 0.376 e. The molecule has 0 atom stereocenters. The number of carbonyl (C=O) groups excluding carboxylic acids is 2. The molecular weight excluding hydrogens is 540 g/mol. The van der Waals surface area contributed by atoms with Crippen LogP contribution < -0.4 is 15.5 Å². The molecule has 1 aliphatic rings. The lowest BCUT2D eigenvalue weighted by Gasteiger charge is -2.24. The van der Waals surface area contributed by atoms with Crippen LogP contribution in [0.1, 0.15) is 47.2 Å². The van der Waals surface area contributed by atoms with Gasteiger partial charge in [0.2, 0.25) is 0 Å². The molecule has 0 bridgehead atoms. The Labute approximate surface area is 235 Å². The number of alkyl halides is 2. The van der Waals surface area contributed by atoms with E-state index in [1.54, 1.807) is 41.3 Å². The van der Waals surface area contributed by atoms with E-state index in [1.807, 2.05) is 29.6 Å². The van der Waals surface area contributed by atoms with Crippen molar-refractivity contribution in [3.63, 3.8) is 0 Å². The van der Waals surface area contributed by atoms with Crippen molar-refractivity contribution in [2.24, 2.45) is 0 Å². The summed E-state index contributed by atoms with van der Waals surface area (Å²) in [6.45, 7) is -1.18. The van der Waals surface area contributed by atoms with E-state index in [1.165, 1.54) is 24.1 Å². The van der Waals surface area contributed by atoms with Crippen molar-refractivity contribution in [1.82, 2.24) is 5.32 Å². The number of allylic oxidation sites excluding steroid dienone is 2. The van der Waals surface area contributed by atoms with Crippen LogP contribution in [0.25, 0.3) is 5.57 Å². The molecule has 7 nitrogen and oxygen atoms in total. The lowest BCUT2D eigenvalue weighted by Crippen LogP contribution is -2.42. The standard InChI is InChI=1S/C30H28ClF2N3O4/c31-24-7-4-8-25(17-24)35-29(40)36(26-15-13-22(14-16-26)21-5-2-1-3-6-21)18-20-9-11-23(12-10-20)27(37)34-19-30(32,33)28(38)39/h4-5,7-17H,1-3,6,18-19H2,(H,34,37)(H,35,40)(H,38,39). The van der Waals surface area contributed by atoms with Gasteiger partial charge in [-0.3, -0.25) is 9.69 Å². The number of nitrogens with one attached hydrogen (secondary N) is 2. The molecule has 0 saturated heterocycles. The molecule has 3 aromatic carbocycles. The van der Waals surface area contributed by atoms with Crippen molar-refractivity contribution in [3.05, 3.63) is 101 Å². The normalized spacial score (nSPS) is 13.2. The fourth-order valence-electron chi connectivity index (χ4n) is 4.31. The summed E-state index contributed by atoms with van der Waals surface area (Å²) in [6, 6.07) is 20.2. The predicted molar refractivity (Wildman–Crippen MR) is 151 cm³/mol. The summed E-state index contributed by atoms with van der Waals surface area (Å²) < 4.78 is 26.6. The number of rotatable bonds is 9. The molecular formula is C30H28ClF2N3O4. The first kappa shape index (κ1) is 28.8. The number of hydrogen-bond donors (Lipinski definition) is 3. The Bertz CT molecular complexity index is 1410. The van der Waals surface area contributed by atoms with Gasteiger partial charge in [-0.25, -0.2) is 9.59 Å². The summed E-state index contributed by atoms with van der Waals surface area (Å²) in [7, 11) is 0. The van der Waals surface area contributed by atoms with Gasteiger partial charge in [0.1, 0.15) is 0 Å². The zero-order chi connectivity index (χ0) is 28.7. The molecule has 40 heavy (non-hydrogen) atoms. The average molecular weight is 568 g/mol. The van der Waals surface area contributed by atoms with Crippen molar-refractivity contribution < 1.29 is 28.3 Å². The number of carboxylic acids is 1. The molecule has 208 valence electrons. The second-order valence-corrected chi connectivity index (χ2v) is 9.87. The number of urea groups is 1. The van der Waals surface area contributed by atoms with E-state index in [0.717, 1.165) is 24.8 Å². The number of anilines is 2. The van der Waals surface area contributed by atoms with Crippen molar-refractivity contribution in [2.75, 3.05) is 16.8 Å². The number of carbonyl (C=O) groups is 3. The number of nitrogens with zero attached hydrogens (tertiary/aromatic N) is 1. The largest absolute Gasteiger partial charge is 0.477 e. The van der Waals surface area contributed by atoms with Crippen LogP contribution >= 0.6 is 11.6 Å². The predicted octanol–water partition coefficient (Wildman–Crippen LogP) is 6.99. The van der Waals surface area contributed by atoms with E-state index in [-0.39, 0.29) is 12.1 Å². The number of benzene rings is 3. The molecule has 0 heterocycles. The van der Waals surface area contributed by atoms with Gasteiger partial charge in [0.15, 0.2) is 0 Å². The summed E-state index contributed by atoms with van der Waals surface area (Å²) in [5.41, 5.74) is 4.33. The highest BCUT2D eigenvalue weighted by molar-refractivity contribution is 6.30. The van der Waals surface area contributed by atoms with Gasteiger partial charge in [0.25, 0.3) is 5.91 Å². The minimum absolute atomic E-state index is 0.0741. The minimum Gasteiger partial charge on any atom is -0.477 e. The van der Waals surface area contributed by atoms with E-state index < -0.39 is 30.4 Å². The molecule has 3 amide bonds. The third kappa shape index (κ3) is 7.45. The Morgan fingerprint density at radius 2 is 1.70 bits per heavy atom. The molecule has 0 fully saturated rings. The van der Waals surface area contributed by atoms with Crippen LogP contribution in [0.5, 0.6) is 0 Å². The van der Waals surface area contributed by atoms with E-state index in [9.17, 15) is 23.2 Å². The van der Waals surface area contributed by atoms with Crippen LogP contribution in [0.2, 0.25) is 5.02 Å². The fraction of sp³-hybridized carbons (Fsp3) is 0.233. The molecule has 4 rings (SSSR count). The Hall–Kier alpha value is -4.24. The van der Waals surface area contributed by atoms with Gasteiger partial charge >= 0.3 is 17.9 Å². The Kier molecular flexibility index (Phi) is 9.16. The van der Waals surface area contributed by atoms with E-state index in [0.29, 0.717) is 22.0 Å². The summed E-state index contributed by atoms with van der Waals surface area (Å²) in [4.78, 5) is 37.8. The number of carboxylic acid groups (broad SMARTS) is 1. The van der Waals surface area contributed by atoms with E-state index in [4.69, 9.17) is 16.7 Å². The van der Waals surface area contributed by atoms with Crippen molar-refractivity contribution in [3.8, 4) is 0 Å². The number of halogens is 3. The van der Waals surface area contributed by atoms with Gasteiger partial charge < -0.3 is 15.7 Å². The monoisotopic (exact) mass is 567 g/mol. The molecule has 0 saturated carbocycles. The minimum atomic E-state index is -4.07. The van der Waals surface area contributed by atoms with Crippen LogP contribution in [-0.4, -0.2) is 35.5 Å². The lowest BCUT2D eigenvalue weighted by atomic mass is 9.93. The number of amides is 3. The topological polar surface area (TPSA) is 98.7 Å². The highest BCUT2D eigenvalue weighted by Crippen LogP contribution is 2.29. The quantitative estimate of drug-likeness (QED) is 0.260. The second kappa shape index (κ2) is 12.7. The Morgan fingerprint density at radius 3 is 2.33 bits per heavy atom. The SMILES string of the molecule is O=C(NCC(F)(F)C(=O)O)c1ccc(CN(C(=O)Nc2cccc(Cl)c2)c2ccc(C3=CCCCC3)cc2)cc1. The smallest absolute Gasteiger partial charge is 0.376 e. The third-order valence-electron chi connectivity index (χ3n) is 6.50. The van der Waals surface area contributed by atoms with Crippen molar-refractivity contribution in [1.29, 1.82) is 0 Å². The summed E-state index contributed by atoms with van der Waals surface area (Å²) in [6.07, 6.45) is 6.67. The van der Waals surface area contributed by atoms with Gasteiger partial charge in [-0.2, -0.15) is 8.78 Å². The van der Waals surface area contributed by atoms with Gasteiger partial charge in [0.05, 0.1) is 13.1 Å². The average Bonchev–Trinajstić information content (AvgIpc) is 2.95. The lowest BCUT2D eigenvalue weighted by molar-refractivity contribution is -0.163. The van der Waals surface area contributed by atoms with Gasteiger partial charge in [0, 0.05) is 22.0 Å². The number of aliphatic carboxylic acids is 1. The highest BCUT2D eigenvalue weighted by Gasteiger charge is 2.39. The Morgan fingerprint density at radius 1 is 0.975 bits per heavy atom. The molecule has 3 aromatic rings.